The average Bonchev–Trinajstić information content (AvgIpc) is 3.46. The summed E-state index contributed by atoms with van der Waals surface area (Å²) in [6.07, 6.45) is 5.61. The fraction of sp³-hybridized carbons (Fsp3) is 0.375. The molecular weight excluding hydrogens is 472 g/mol. The van der Waals surface area contributed by atoms with Crippen LogP contribution in [0.25, 0.3) is 10.4 Å². The summed E-state index contributed by atoms with van der Waals surface area (Å²) >= 11 is 1.33. The monoisotopic (exact) mass is 500 g/mol. The van der Waals surface area contributed by atoms with Gasteiger partial charge in [-0.05, 0) is 69.0 Å². The van der Waals surface area contributed by atoms with Gasteiger partial charge in [-0.2, -0.15) is 0 Å². The zero-order valence-corrected chi connectivity index (χ0v) is 21.3. The summed E-state index contributed by atoms with van der Waals surface area (Å²) in [5.74, 6) is 0.269. The van der Waals surface area contributed by atoms with Crippen LogP contribution in [-0.4, -0.2) is 31.4 Å². The van der Waals surface area contributed by atoms with Crippen molar-refractivity contribution < 1.29 is 17.9 Å². The van der Waals surface area contributed by atoms with Gasteiger partial charge >= 0.3 is 0 Å². The Labute approximate surface area is 203 Å². The Hall–Kier alpha value is -2.98. The number of ether oxygens (including phenoxy) is 1. The van der Waals surface area contributed by atoms with E-state index in [1.165, 1.54) is 18.4 Å². The molecule has 34 heavy (non-hydrogen) atoms. The second-order valence-corrected chi connectivity index (χ2v) is 11.1. The number of hydrogen-bond acceptors (Lipinski definition) is 7. The molecule has 2 aromatic heterocycles. The molecule has 0 radical (unpaired) electrons. The molecule has 180 valence electrons. The Morgan fingerprint density at radius 3 is 2.53 bits per heavy atom. The predicted molar refractivity (Wildman–Crippen MR) is 134 cm³/mol. The van der Waals surface area contributed by atoms with Gasteiger partial charge in [-0.3, -0.25) is 14.5 Å². The smallest absolute Gasteiger partial charge is 0.265 e. The van der Waals surface area contributed by atoms with Crippen molar-refractivity contribution in [2.75, 3.05) is 17.1 Å². The molecule has 10 heteroatoms. The van der Waals surface area contributed by atoms with Crippen molar-refractivity contribution in [3.63, 3.8) is 0 Å². The molecule has 3 aromatic rings. The summed E-state index contributed by atoms with van der Waals surface area (Å²) in [6.45, 7) is 5.42. The lowest BCUT2D eigenvalue weighted by atomic mass is 10.1. The lowest BCUT2D eigenvalue weighted by molar-refractivity contribution is -0.119. The van der Waals surface area contributed by atoms with E-state index < -0.39 is 10.0 Å². The van der Waals surface area contributed by atoms with E-state index in [0.717, 1.165) is 36.1 Å². The molecule has 0 unspecified atom stereocenters. The topological polar surface area (TPSA) is 110 Å². The van der Waals surface area contributed by atoms with Gasteiger partial charge in [-0.25, -0.2) is 13.4 Å². The second kappa shape index (κ2) is 9.71. The largest absolute Gasteiger partial charge is 0.495 e. The quantitative estimate of drug-likeness (QED) is 0.469. The number of anilines is 2. The van der Waals surface area contributed by atoms with Crippen LogP contribution in [0.4, 0.5) is 10.8 Å². The van der Waals surface area contributed by atoms with E-state index in [0.29, 0.717) is 27.8 Å². The number of benzene rings is 1. The number of amides is 1. The number of aromatic nitrogens is 2. The molecule has 1 aliphatic carbocycles. The Bertz CT molecular complexity index is 1310. The molecule has 1 aliphatic rings. The minimum absolute atomic E-state index is 0.00204. The summed E-state index contributed by atoms with van der Waals surface area (Å²) in [5, 5.41) is 3.45. The second-order valence-electron chi connectivity index (χ2n) is 8.46. The fourth-order valence-electron chi connectivity index (χ4n) is 4.18. The number of nitrogens with zero attached hydrogens (tertiary/aromatic N) is 2. The van der Waals surface area contributed by atoms with E-state index in [9.17, 15) is 13.2 Å². The first kappa shape index (κ1) is 24.2. The third kappa shape index (κ3) is 4.92. The van der Waals surface area contributed by atoms with Crippen LogP contribution in [0.2, 0.25) is 0 Å². The Balaban J connectivity index is 1.66. The predicted octanol–water partition coefficient (Wildman–Crippen LogP) is 5.07. The van der Waals surface area contributed by atoms with Crippen molar-refractivity contribution in [2.45, 2.75) is 51.3 Å². The highest BCUT2D eigenvalue weighted by Gasteiger charge is 2.25. The lowest BCUT2D eigenvalue weighted by Crippen LogP contribution is -2.20. The standard InChI is InChI=1S/C24H28N4O4S2/c1-14-11-12-25-15(2)21(14)28-34(30,31)20-13-18(9-10-19(20)32-4)22-16(3)26-24(33-22)27-23(29)17-7-5-6-8-17/h9-13,17,28H,5-8H2,1-4H3,(H,26,27,29). The van der Waals surface area contributed by atoms with Gasteiger partial charge in [0.25, 0.3) is 10.0 Å². The normalized spacial score (nSPS) is 14.2. The van der Waals surface area contributed by atoms with Crippen LogP contribution in [0.1, 0.15) is 42.6 Å². The number of sulfonamides is 1. The number of nitrogens with one attached hydrogen (secondary N) is 2. The maximum absolute atomic E-state index is 13.4. The number of thiazole rings is 1. The molecule has 1 fully saturated rings. The van der Waals surface area contributed by atoms with Crippen LogP contribution in [0.3, 0.4) is 0 Å². The number of carbonyl (C=O) groups excluding carboxylic acids is 1. The van der Waals surface area contributed by atoms with Crippen LogP contribution in [0, 0.1) is 26.7 Å². The highest BCUT2D eigenvalue weighted by molar-refractivity contribution is 7.92. The van der Waals surface area contributed by atoms with Crippen molar-refractivity contribution in [1.82, 2.24) is 9.97 Å². The van der Waals surface area contributed by atoms with Crippen LogP contribution >= 0.6 is 11.3 Å². The van der Waals surface area contributed by atoms with E-state index in [1.807, 2.05) is 13.8 Å². The third-order valence-electron chi connectivity index (χ3n) is 6.05. The zero-order valence-electron chi connectivity index (χ0n) is 19.6. The van der Waals surface area contributed by atoms with Crippen molar-refractivity contribution in [3.8, 4) is 16.2 Å². The summed E-state index contributed by atoms with van der Waals surface area (Å²) in [6, 6.07) is 6.75. The van der Waals surface area contributed by atoms with Gasteiger partial charge in [0.1, 0.15) is 10.6 Å². The van der Waals surface area contributed by atoms with Gasteiger partial charge in [0, 0.05) is 12.1 Å². The van der Waals surface area contributed by atoms with Gasteiger partial charge in [-0.15, -0.1) is 0 Å². The molecule has 0 atom stereocenters. The molecule has 1 aromatic carbocycles. The Morgan fingerprint density at radius 2 is 1.85 bits per heavy atom. The first-order valence-electron chi connectivity index (χ1n) is 11.1. The summed E-state index contributed by atoms with van der Waals surface area (Å²) in [7, 11) is -2.53. The minimum atomic E-state index is -3.97. The third-order valence-corrected chi connectivity index (χ3v) is 8.55. The number of aryl methyl sites for hydroxylation is 3. The molecule has 1 amide bonds. The van der Waals surface area contributed by atoms with E-state index in [2.05, 4.69) is 20.0 Å². The molecule has 1 saturated carbocycles. The maximum atomic E-state index is 13.4. The number of carbonyl (C=O) groups is 1. The van der Waals surface area contributed by atoms with Gasteiger partial charge < -0.3 is 10.1 Å². The maximum Gasteiger partial charge on any atom is 0.265 e. The van der Waals surface area contributed by atoms with E-state index in [1.54, 1.807) is 37.4 Å². The first-order valence-corrected chi connectivity index (χ1v) is 13.4. The molecule has 2 heterocycles. The van der Waals surface area contributed by atoms with Crippen LogP contribution in [0.5, 0.6) is 5.75 Å². The number of rotatable bonds is 7. The van der Waals surface area contributed by atoms with Crippen molar-refractivity contribution in [3.05, 3.63) is 47.4 Å². The molecule has 0 saturated heterocycles. The number of methoxy groups -OCH3 is 1. The molecule has 0 aliphatic heterocycles. The highest BCUT2D eigenvalue weighted by atomic mass is 32.2. The van der Waals surface area contributed by atoms with E-state index in [4.69, 9.17) is 4.74 Å². The summed E-state index contributed by atoms with van der Waals surface area (Å²) < 4.78 is 34.8. The summed E-state index contributed by atoms with van der Waals surface area (Å²) in [5.41, 5.74) is 3.19. The Kier molecular flexibility index (Phi) is 6.90. The van der Waals surface area contributed by atoms with Crippen molar-refractivity contribution in [2.24, 2.45) is 5.92 Å². The molecule has 2 N–H and O–H groups in total. The fourth-order valence-corrected chi connectivity index (χ4v) is 6.53. The van der Waals surface area contributed by atoms with Crippen LogP contribution < -0.4 is 14.8 Å². The molecule has 0 spiro atoms. The average molecular weight is 501 g/mol. The lowest BCUT2D eigenvalue weighted by Gasteiger charge is -2.15. The van der Waals surface area contributed by atoms with Crippen LogP contribution in [0.15, 0.2) is 35.4 Å². The zero-order chi connectivity index (χ0) is 24.5. The molecule has 8 nitrogen and oxygen atoms in total. The molecular formula is C24H28N4O4S2. The molecule has 4 rings (SSSR count). The van der Waals surface area contributed by atoms with Gasteiger partial charge in [0.2, 0.25) is 5.91 Å². The van der Waals surface area contributed by atoms with Crippen molar-refractivity contribution >= 4 is 38.1 Å². The van der Waals surface area contributed by atoms with Crippen LogP contribution in [-0.2, 0) is 14.8 Å². The minimum Gasteiger partial charge on any atom is -0.495 e. The SMILES string of the molecule is COc1ccc(-c2sc(NC(=O)C3CCCC3)nc2C)cc1S(=O)(=O)Nc1c(C)ccnc1C. The highest BCUT2D eigenvalue weighted by Crippen LogP contribution is 2.37. The van der Waals surface area contributed by atoms with Gasteiger partial charge in [-0.1, -0.05) is 24.2 Å². The summed E-state index contributed by atoms with van der Waals surface area (Å²) in [4.78, 5) is 22.0. The Morgan fingerprint density at radius 1 is 1.12 bits per heavy atom. The van der Waals surface area contributed by atoms with Crippen molar-refractivity contribution in [1.29, 1.82) is 0 Å². The number of pyridine rings is 1. The number of hydrogen-bond donors (Lipinski definition) is 2. The van der Waals surface area contributed by atoms with Gasteiger partial charge in [0.15, 0.2) is 5.13 Å². The first-order chi connectivity index (χ1) is 16.2. The van der Waals surface area contributed by atoms with E-state index >= 15 is 0 Å². The van der Waals surface area contributed by atoms with E-state index in [-0.39, 0.29) is 22.5 Å². The molecule has 0 bridgehead atoms. The van der Waals surface area contributed by atoms with Gasteiger partial charge in [0.05, 0.1) is 29.1 Å².